The second-order valence-corrected chi connectivity index (χ2v) is 8.06. The van der Waals surface area contributed by atoms with Crippen molar-refractivity contribution in [3.8, 4) is 0 Å². The number of benzene rings is 1. The number of para-hydroxylation sites is 1. The van der Waals surface area contributed by atoms with E-state index in [1.807, 2.05) is 38.5 Å². The first-order valence-electron chi connectivity index (χ1n) is 7.71. The lowest BCUT2D eigenvalue weighted by molar-refractivity contribution is -0.906. The molecule has 1 heterocycles. The summed E-state index contributed by atoms with van der Waals surface area (Å²) in [6.45, 7) is 4.29. The summed E-state index contributed by atoms with van der Waals surface area (Å²) >= 11 is 0. The fraction of sp³-hybridized carbons (Fsp3) is 0.500. The van der Waals surface area contributed by atoms with Crippen molar-refractivity contribution in [3.63, 3.8) is 0 Å². The van der Waals surface area contributed by atoms with Gasteiger partial charge in [-0.2, -0.15) is 0 Å². The summed E-state index contributed by atoms with van der Waals surface area (Å²) in [6, 6.07) is 8.17. The molecule has 1 atom stereocenters. The van der Waals surface area contributed by atoms with Crippen LogP contribution in [0.4, 0.5) is 0 Å². The van der Waals surface area contributed by atoms with Gasteiger partial charge in [0.25, 0.3) is 0 Å². The van der Waals surface area contributed by atoms with Gasteiger partial charge in [0.1, 0.15) is 0 Å². The summed E-state index contributed by atoms with van der Waals surface area (Å²) in [5, 5.41) is 1.21. The van der Waals surface area contributed by atoms with Crippen LogP contribution in [0.5, 0.6) is 0 Å². The number of hydrogen-bond donors (Lipinski definition) is 2. The normalized spacial score (nSPS) is 15.2. The second-order valence-electron chi connectivity index (χ2n) is 6.65. The van der Waals surface area contributed by atoms with Gasteiger partial charge >= 0.3 is 7.82 Å². The van der Waals surface area contributed by atoms with Crippen molar-refractivity contribution in [2.75, 3.05) is 27.4 Å². The molecule has 0 saturated heterocycles. The van der Waals surface area contributed by atoms with E-state index in [-0.39, 0.29) is 12.8 Å². The number of likely N-dealkylation sites (N-methyl/N-ethyl adjacent to an activating group) is 1. The first-order valence-corrected chi connectivity index (χ1v) is 9.21. The fourth-order valence-electron chi connectivity index (χ4n) is 2.35. The molecule has 0 aliphatic heterocycles. The summed E-state index contributed by atoms with van der Waals surface area (Å²) in [5.41, 5.74) is 2.35. The minimum Gasteiger partial charge on any atom is -0.361 e. The van der Waals surface area contributed by atoms with Crippen LogP contribution in [0.15, 0.2) is 30.5 Å². The first-order chi connectivity index (χ1) is 10.7. The third-order valence-electron chi connectivity index (χ3n) is 3.58. The molecule has 0 saturated carbocycles. The molecule has 2 N–H and O–H groups in total. The number of fused-ring (bicyclic) bond motifs is 1. The Labute approximate surface area is 137 Å². The predicted octanol–water partition coefficient (Wildman–Crippen LogP) is 3.29. The zero-order valence-corrected chi connectivity index (χ0v) is 15.0. The van der Waals surface area contributed by atoms with Crippen molar-refractivity contribution in [3.05, 3.63) is 36.0 Å². The molecule has 1 aromatic heterocycles. The van der Waals surface area contributed by atoms with E-state index in [4.69, 9.17) is 9.05 Å². The topological polar surface area (TPSA) is 71.6 Å². The Bertz CT molecular complexity index is 696. The van der Waals surface area contributed by atoms with Gasteiger partial charge in [0, 0.05) is 23.5 Å². The summed E-state index contributed by atoms with van der Waals surface area (Å²) < 4.78 is 22.3. The molecule has 0 fully saturated rings. The summed E-state index contributed by atoms with van der Waals surface area (Å²) in [4.78, 5) is 12.9. The van der Waals surface area contributed by atoms with E-state index in [9.17, 15) is 9.46 Å². The van der Waals surface area contributed by atoms with Crippen LogP contribution in [0.25, 0.3) is 10.9 Å². The van der Waals surface area contributed by atoms with Crippen LogP contribution < -0.4 is 0 Å². The van der Waals surface area contributed by atoms with Gasteiger partial charge in [0.2, 0.25) is 0 Å². The Morgan fingerprint density at radius 1 is 1.30 bits per heavy atom. The Balaban J connectivity index is 1.92. The zero-order chi connectivity index (χ0) is 17.1. The Morgan fingerprint density at radius 3 is 2.70 bits per heavy atom. The van der Waals surface area contributed by atoms with Gasteiger partial charge in [0.05, 0.1) is 26.7 Å². The minimum absolute atomic E-state index is 0.114. The van der Waals surface area contributed by atoms with Crippen molar-refractivity contribution < 1.29 is 23.0 Å². The molecular weight excluding hydrogens is 315 g/mol. The number of hydrogen-bond acceptors (Lipinski definition) is 3. The molecular formula is C16H26N2O4P+. The van der Waals surface area contributed by atoms with Gasteiger partial charge in [-0.1, -0.05) is 18.2 Å². The van der Waals surface area contributed by atoms with Gasteiger partial charge in [-0.3, -0.25) is 4.52 Å². The maximum Gasteiger partial charge on any atom is 0.476 e. The van der Waals surface area contributed by atoms with Crippen molar-refractivity contribution in [2.45, 2.75) is 26.4 Å². The van der Waals surface area contributed by atoms with E-state index in [1.54, 1.807) is 13.8 Å². The minimum atomic E-state index is -3.99. The lowest BCUT2D eigenvalue weighted by atomic mass is 10.1. The van der Waals surface area contributed by atoms with Crippen LogP contribution in [0.3, 0.4) is 0 Å². The Hall–Kier alpha value is -1.17. The quantitative estimate of drug-likeness (QED) is 0.439. The number of rotatable bonds is 8. The Kier molecular flexibility index (Phi) is 5.65. The Morgan fingerprint density at radius 2 is 2.00 bits per heavy atom. The molecule has 0 radical (unpaired) electrons. The molecule has 0 spiro atoms. The highest BCUT2D eigenvalue weighted by atomic mass is 31.2. The van der Waals surface area contributed by atoms with Gasteiger partial charge in [0.15, 0.2) is 6.73 Å². The number of H-pyrrole nitrogens is 1. The number of aromatic amines is 1. The van der Waals surface area contributed by atoms with Crippen molar-refractivity contribution in [2.24, 2.45) is 0 Å². The van der Waals surface area contributed by atoms with E-state index >= 15 is 0 Å². The third kappa shape index (κ3) is 5.44. The highest BCUT2D eigenvalue weighted by Crippen LogP contribution is 2.44. The number of phosphoric ester groups is 1. The van der Waals surface area contributed by atoms with Gasteiger partial charge in [-0.15, -0.1) is 0 Å². The average Bonchev–Trinajstić information content (AvgIpc) is 2.86. The second kappa shape index (κ2) is 7.16. The van der Waals surface area contributed by atoms with Gasteiger partial charge in [-0.05, 0) is 25.5 Å². The maximum atomic E-state index is 11.8. The van der Waals surface area contributed by atoms with Crippen LogP contribution in [-0.2, 0) is 20.0 Å². The molecule has 0 aliphatic carbocycles. The van der Waals surface area contributed by atoms with Crippen LogP contribution >= 0.6 is 7.82 Å². The smallest absolute Gasteiger partial charge is 0.361 e. The molecule has 0 aliphatic rings. The van der Waals surface area contributed by atoms with Gasteiger partial charge < -0.3 is 14.4 Å². The van der Waals surface area contributed by atoms with Crippen molar-refractivity contribution in [1.29, 1.82) is 0 Å². The monoisotopic (exact) mass is 341 g/mol. The standard InChI is InChI=1S/C16H25N2O4P/c1-13(2)22-23(19,20)21-12-18(3,4)10-9-14-11-17-16-8-6-5-7-15(14)16/h5-8,11,13,17H,9-10,12H2,1-4H3/p+1. The predicted molar refractivity (Wildman–Crippen MR) is 91.0 cm³/mol. The fourth-order valence-corrected chi connectivity index (χ4v) is 3.40. The van der Waals surface area contributed by atoms with Crippen molar-refractivity contribution in [1.82, 2.24) is 4.98 Å². The average molecular weight is 341 g/mol. The lowest BCUT2D eigenvalue weighted by Gasteiger charge is -2.29. The van der Waals surface area contributed by atoms with Crippen LogP contribution in [0.2, 0.25) is 0 Å². The van der Waals surface area contributed by atoms with E-state index in [2.05, 4.69) is 11.1 Å². The molecule has 0 amide bonds. The highest BCUT2D eigenvalue weighted by molar-refractivity contribution is 7.47. The van der Waals surface area contributed by atoms with Crippen molar-refractivity contribution >= 4 is 18.7 Å². The van der Waals surface area contributed by atoms with Crippen LogP contribution in [0, 0.1) is 0 Å². The maximum absolute atomic E-state index is 11.8. The summed E-state index contributed by atoms with van der Waals surface area (Å²) in [6.07, 6.45) is 2.51. The van der Waals surface area contributed by atoms with E-state index in [0.717, 1.165) is 18.5 Å². The van der Waals surface area contributed by atoms with E-state index in [1.165, 1.54) is 10.9 Å². The molecule has 128 valence electrons. The molecule has 23 heavy (non-hydrogen) atoms. The lowest BCUT2D eigenvalue weighted by Crippen LogP contribution is -2.42. The molecule has 2 rings (SSSR count). The molecule has 7 heteroatoms. The highest BCUT2D eigenvalue weighted by Gasteiger charge is 2.27. The largest absolute Gasteiger partial charge is 0.476 e. The first kappa shape index (κ1) is 18.2. The number of nitrogens with zero attached hydrogens (tertiary/aromatic N) is 1. The molecule has 0 bridgehead atoms. The molecule has 6 nitrogen and oxygen atoms in total. The summed E-state index contributed by atoms with van der Waals surface area (Å²) in [7, 11) is -0.0647. The van der Waals surface area contributed by atoms with Crippen LogP contribution in [0.1, 0.15) is 19.4 Å². The molecule has 2 aromatic rings. The van der Waals surface area contributed by atoms with Crippen LogP contribution in [-0.4, -0.2) is 47.8 Å². The van der Waals surface area contributed by atoms with E-state index in [0.29, 0.717) is 4.48 Å². The van der Waals surface area contributed by atoms with E-state index < -0.39 is 7.82 Å². The number of aromatic nitrogens is 1. The third-order valence-corrected chi connectivity index (χ3v) is 4.71. The summed E-state index contributed by atoms with van der Waals surface area (Å²) in [5.74, 6) is 0. The number of quaternary nitrogens is 1. The zero-order valence-electron chi connectivity index (χ0n) is 14.2. The number of phosphoric acid groups is 1. The SMILES string of the molecule is CC(C)OP(=O)(O)OC[N+](C)(C)CCc1c[nH]c2ccccc12. The molecule has 1 aromatic carbocycles. The van der Waals surface area contributed by atoms with Gasteiger partial charge in [-0.25, -0.2) is 9.09 Å². The molecule has 1 unspecified atom stereocenters. The number of nitrogens with one attached hydrogen (secondary N) is 1.